The van der Waals surface area contributed by atoms with Crippen LogP contribution < -0.4 is 15.8 Å². The average Bonchev–Trinajstić information content (AvgIpc) is 2.38. The first-order valence-electron chi connectivity index (χ1n) is 6.41. The highest BCUT2D eigenvalue weighted by Gasteiger charge is 2.15. The molecule has 0 aromatic heterocycles. The molecule has 1 rings (SSSR count). The van der Waals surface area contributed by atoms with Crippen LogP contribution in [0.2, 0.25) is 0 Å². The molecule has 1 amide bonds. The normalized spacial score (nSPS) is 11.9. The number of nitrogens with one attached hydrogen (secondary N) is 1. The van der Waals surface area contributed by atoms with E-state index in [-0.39, 0.29) is 5.91 Å². The fraction of sp³-hybridized carbons (Fsp3) is 0.500. The second kappa shape index (κ2) is 6.89. The number of carbonyl (C=O) groups is 1. The van der Waals surface area contributed by atoms with Gasteiger partial charge in [0.05, 0.1) is 5.69 Å². The molecule has 3 N–H and O–H groups in total. The zero-order valence-electron chi connectivity index (χ0n) is 11.3. The number of ether oxygens (including phenoxy) is 1. The Balaban J connectivity index is 2.64. The molecule has 0 saturated carbocycles. The van der Waals surface area contributed by atoms with Crippen molar-refractivity contribution < 1.29 is 9.53 Å². The molecule has 18 heavy (non-hydrogen) atoms. The molecule has 100 valence electrons. The summed E-state index contributed by atoms with van der Waals surface area (Å²) in [6, 6.07) is 5.66. The lowest BCUT2D eigenvalue weighted by Gasteiger charge is -2.16. The number of amides is 1. The third-order valence-electron chi connectivity index (χ3n) is 2.70. The van der Waals surface area contributed by atoms with Crippen molar-refractivity contribution >= 4 is 11.6 Å². The zero-order valence-corrected chi connectivity index (χ0v) is 11.3. The SMILES string of the molecule is CCCNC(=O)C(C)Oc1ccc(CC)cc1N. The molecular formula is C14H22N2O2. The summed E-state index contributed by atoms with van der Waals surface area (Å²) in [5, 5.41) is 2.79. The molecule has 1 aromatic carbocycles. The highest BCUT2D eigenvalue weighted by molar-refractivity contribution is 5.80. The minimum atomic E-state index is -0.536. The van der Waals surface area contributed by atoms with Gasteiger partial charge in [-0.1, -0.05) is 19.9 Å². The minimum absolute atomic E-state index is 0.115. The minimum Gasteiger partial charge on any atom is -0.479 e. The highest BCUT2D eigenvalue weighted by atomic mass is 16.5. The third kappa shape index (κ3) is 3.95. The highest BCUT2D eigenvalue weighted by Crippen LogP contribution is 2.23. The van der Waals surface area contributed by atoms with Crippen LogP contribution >= 0.6 is 0 Å². The van der Waals surface area contributed by atoms with Crippen molar-refractivity contribution in [1.29, 1.82) is 0 Å². The maximum Gasteiger partial charge on any atom is 0.260 e. The molecule has 1 unspecified atom stereocenters. The van der Waals surface area contributed by atoms with E-state index in [1.807, 2.05) is 25.1 Å². The van der Waals surface area contributed by atoms with Crippen molar-refractivity contribution in [2.24, 2.45) is 0 Å². The number of rotatable bonds is 6. The maximum absolute atomic E-state index is 11.7. The van der Waals surface area contributed by atoms with E-state index in [2.05, 4.69) is 12.2 Å². The van der Waals surface area contributed by atoms with Gasteiger partial charge in [-0.3, -0.25) is 4.79 Å². The Morgan fingerprint density at radius 2 is 2.17 bits per heavy atom. The molecule has 1 aromatic rings. The molecule has 4 nitrogen and oxygen atoms in total. The first kappa shape index (κ1) is 14.4. The lowest BCUT2D eigenvalue weighted by molar-refractivity contribution is -0.127. The number of benzene rings is 1. The molecule has 0 aliphatic carbocycles. The van der Waals surface area contributed by atoms with Gasteiger partial charge in [-0.25, -0.2) is 0 Å². The van der Waals surface area contributed by atoms with Crippen molar-refractivity contribution in [3.8, 4) is 5.75 Å². The van der Waals surface area contributed by atoms with E-state index in [9.17, 15) is 4.79 Å². The second-order valence-corrected chi connectivity index (χ2v) is 4.28. The van der Waals surface area contributed by atoms with E-state index in [0.29, 0.717) is 18.0 Å². The lowest BCUT2D eigenvalue weighted by Crippen LogP contribution is -2.36. The number of nitrogen functional groups attached to an aromatic ring is 1. The van der Waals surface area contributed by atoms with E-state index >= 15 is 0 Å². The van der Waals surface area contributed by atoms with Crippen LogP contribution in [0.3, 0.4) is 0 Å². The lowest BCUT2D eigenvalue weighted by atomic mass is 10.1. The molecule has 0 fully saturated rings. The molecule has 0 aliphatic heterocycles. The van der Waals surface area contributed by atoms with Crippen LogP contribution in [0.15, 0.2) is 18.2 Å². The van der Waals surface area contributed by atoms with Gasteiger partial charge < -0.3 is 15.8 Å². The topological polar surface area (TPSA) is 64.3 Å². The van der Waals surface area contributed by atoms with Gasteiger partial charge in [0.1, 0.15) is 5.75 Å². The van der Waals surface area contributed by atoms with E-state index < -0.39 is 6.10 Å². The molecule has 0 bridgehead atoms. The van der Waals surface area contributed by atoms with Crippen LogP contribution in [0.25, 0.3) is 0 Å². The number of hydrogen-bond acceptors (Lipinski definition) is 3. The van der Waals surface area contributed by atoms with Gasteiger partial charge in [0.2, 0.25) is 0 Å². The van der Waals surface area contributed by atoms with E-state index in [4.69, 9.17) is 10.5 Å². The Bertz CT molecular complexity index is 405. The van der Waals surface area contributed by atoms with Crippen molar-refractivity contribution in [3.63, 3.8) is 0 Å². The largest absolute Gasteiger partial charge is 0.479 e. The van der Waals surface area contributed by atoms with Crippen LogP contribution in [-0.2, 0) is 11.2 Å². The smallest absolute Gasteiger partial charge is 0.260 e. The monoisotopic (exact) mass is 250 g/mol. The van der Waals surface area contributed by atoms with Crippen LogP contribution in [0.5, 0.6) is 5.75 Å². The van der Waals surface area contributed by atoms with Crippen LogP contribution in [0, 0.1) is 0 Å². The summed E-state index contributed by atoms with van der Waals surface area (Å²) in [6.07, 6.45) is 1.30. The molecule has 0 radical (unpaired) electrons. The molecule has 0 heterocycles. The summed E-state index contributed by atoms with van der Waals surface area (Å²) in [5.41, 5.74) is 7.62. The molecule has 1 atom stereocenters. The summed E-state index contributed by atoms with van der Waals surface area (Å²) in [5.74, 6) is 0.446. The number of aryl methyl sites for hydroxylation is 1. The van der Waals surface area contributed by atoms with Crippen molar-refractivity contribution in [3.05, 3.63) is 23.8 Å². The summed E-state index contributed by atoms with van der Waals surface area (Å²) >= 11 is 0. The van der Waals surface area contributed by atoms with Crippen LogP contribution in [0.1, 0.15) is 32.8 Å². The predicted octanol–water partition coefficient (Wildman–Crippen LogP) is 2.12. The fourth-order valence-electron chi connectivity index (χ4n) is 1.56. The maximum atomic E-state index is 11.7. The Morgan fingerprint density at radius 1 is 1.44 bits per heavy atom. The number of hydrogen-bond donors (Lipinski definition) is 2. The summed E-state index contributed by atoms with van der Waals surface area (Å²) in [4.78, 5) is 11.7. The Kier molecular flexibility index (Phi) is 5.49. The van der Waals surface area contributed by atoms with Crippen molar-refractivity contribution in [1.82, 2.24) is 5.32 Å². The van der Waals surface area contributed by atoms with Crippen molar-refractivity contribution in [2.75, 3.05) is 12.3 Å². The van der Waals surface area contributed by atoms with E-state index in [1.165, 1.54) is 0 Å². The summed E-state index contributed by atoms with van der Waals surface area (Å²) < 4.78 is 5.57. The first-order valence-corrected chi connectivity index (χ1v) is 6.41. The second-order valence-electron chi connectivity index (χ2n) is 4.28. The first-order chi connectivity index (χ1) is 8.58. The van der Waals surface area contributed by atoms with Crippen LogP contribution in [-0.4, -0.2) is 18.6 Å². The van der Waals surface area contributed by atoms with E-state index in [1.54, 1.807) is 6.92 Å². The number of anilines is 1. The van der Waals surface area contributed by atoms with Gasteiger partial charge >= 0.3 is 0 Å². The standard InChI is InChI=1S/C14H22N2O2/c1-4-8-16-14(17)10(3)18-13-7-6-11(5-2)9-12(13)15/h6-7,9-10H,4-5,8,15H2,1-3H3,(H,16,17). The molecule has 0 aliphatic rings. The number of carbonyl (C=O) groups excluding carboxylic acids is 1. The fourth-order valence-corrected chi connectivity index (χ4v) is 1.56. The van der Waals surface area contributed by atoms with Gasteiger partial charge in [0, 0.05) is 6.54 Å². The Morgan fingerprint density at radius 3 is 2.72 bits per heavy atom. The quantitative estimate of drug-likeness (QED) is 0.760. The molecule has 0 spiro atoms. The molecular weight excluding hydrogens is 228 g/mol. The Hall–Kier alpha value is -1.71. The van der Waals surface area contributed by atoms with Gasteiger partial charge in [-0.2, -0.15) is 0 Å². The average molecular weight is 250 g/mol. The summed E-state index contributed by atoms with van der Waals surface area (Å²) in [6.45, 7) is 6.46. The van der Waals surface area contributed by atoms with Gasteiger partial charge in [-0.15, -0.1) is 0 Å². The summed E-state index contributed by atoms with van der Waals surface area (Å²) in [7, 11) is 0. The van der Waals surface area contributed by atoms with Crippen LogP contribution in [0.4, 0.5) is 5.69 Å². The zero-order chi connectivity index (χ0) is 13.5. The predicted molar refractivity (Wildman–Crippen MR) is 73.6 cm³/mol. The molecule has 0 saturated heterocycles. The van der Waals surface area contributed by atoms with Crippen molar-refractivity contribution in [2.45, 2.75) is 39.7 Å². The third-order valence-corrected chi connectivity index (χ3v) is 2.70. The van der Waals surface area contributed by atoms with E-state index in [0.717, 1.165) is 18.4 Å². The Labute approximate surface area is 109 Å². The van der Waals surface area contributed by atoms with Gasteiger partial charge in [-0.05, 0) is 37.5 Å². The molecule has 4 heteroatoms. The van der Waals surface area contributed by atoms with Gasteiger partial charge in [0.15, 0.2) is 6.10 Å². The number of nitrogens with two attached hydrogens (primary N) is 1. The van der Waals surface area contributed by atoms with Gasteiger partial charge in [0.25, 0.3) is 5.91 Å².